The van der Waals surface area contributed by atoms with Gasteiger partial charge in [0.1, 0.15) is 5.60 Å². The van der Waals surface area contributed by atoms with E-state index in [9.17, 15) is 4.79 Å². The average Bonchev–Trinajstić information content (AvgIpc) is 3.51. The second-order valence-electron chi connectivity index (χ2n) is 9.24. The van der Waals surface area contributed by atoms with E-state index in [2.05, 4.69) is 9.97 Å². The van der Waals surface area contributed by atoms with E-state index in [1.54, 1.807) is 38.6 Å². The van der Waals surface area contributed by atoms with Gasteiger partial charge >= 0.3 is 6.09 Å². The van der Waals surface area contributed by atoms with E-state index in [0.717, 1.165) is 16.5 Å². The normalized spacial score (nSPS) is 11.6. The molecule has 9 nitrogen and oxygen atoms in total. The zero-order valence-electron chi connectivity index (χ0n) is 20.8. The van der Waals surface area contributed by atoms with Crippen LogP contribution in [0.25, 0.3) is 27.8 Å². The minimum atomic E-state index is -0.728. The molecule has 0 spiro atoms. The van der Waals surface area contributed by atoms with Crippen LogP contribution in [-0.2, 0) is 4.74 Å². The van der Waals surface area contributed by atoms with E-state index in [1.165, 1.54) is 4.90 Å². The molecule has 3 aromatic heterocycles. The molecule has 0 aliphatic heterocycles. The molecule has 1 amide bonds. The van der Waals surface area contributed by atoms with E-state index < -0.39 is 11.7 Å². The monoisotopic (exact) mass is 485 g/mol. The maximum absolute atomic E-state index is 13.6. The van der Waals surface area contributed by atoms with Gasteiger partial charge in [0.25, 0.3) is 0 Å². The van der Waals surface area contributed by atoms with E-state index in [1.807, 2.05) is 68.0 Å². The van der Waals surface area contributed by atoms with Crippen molar-refractivity contribution in [2.24, 2.45) is 0 Å². The molecule has 184 valence electrons. The summed E-state index contributed by atoms with van der Waals surface area (Å²) in [4.78, 5) is 27.7. The Morgan fingerprint density at radius 1 is 1.03 bits per heavy atom. The molecule has 1 N–H and O–H groups in total. The number of methoxy groups -OCH3 is 2. The number of anilines is 2. The molecule has 36 heavy (non-hydrogen) atoms. The van der Waals surface area contributed by atoms with Gasteiger partial charge in [0.2, 0.25) is 0 Å². The summed E-state index contributed by atoms with van der Waals surface area (Å²) < 4.78 is 18.5. The fourth-order valence-corrected chi connectivity index (χ4v) is 4.00. The van der Waals surface area contributed by atoms with Crippen LogP contribution in [0.15, 0.2) is 67.3 Å². The van der Waals surface area contributed by atoms with Gasteiger partial charge in [-0.1, -0.05) is 12.1 Å². The molecule has 0 fully saturated rings. The standard InChI is InChI=1S/C27H27N5O4/c1-27(2,3)36-26(33)32(19-8-9-22(34-4)23(15-19)35-5)25-24-29-12-13-31(24)16-21(30-25)18-7-6-17-10-11-28-20(17)14-18/h6-16,28H,1-5H3. The van der Waals surface area contributed by atoms with E-state index >= 15 is 0 Å². The fourth-order valence-electron chi connectivity index (χ4n) is 4.00. The first kappa shape index (κ1) is 23.2. The summed E-state index contributed by atoms with van der Waals surface area (Å²) in [5, 5.41) is 1.10. The van der Waals surface area contributed by atoms with Gasteiger partial charge in [-0.15, -0.1) is 0 Å². The molecule has 0 aliphatic rings. The van der Waals surface area contributed by atoms with Gasteiger partial charge in [0.05, 0.1) is 25.6 Å². The second-order valence-corrected chi connectivity index (χ2v) is 9.24. The quantitative estimate of drug-likeness (QED) is 0.330. The lowest BCUT2D eigenvalue weighted by Crippen LogP contribution is -2.34. The van der Waals surface area contributed by atoms with Gasteiger partial charge in [0, 0.05) is 41.9 Å². The molecule has 3 heterocycles. The van der Waals surface area contributed by atoms with Crippen LogP contribution in [0.2, 0.25) is 0 Å². The molecule has 9 heteroatoms. The van der Waals surface area contributed by atoms with Crippen LogP contribution in [-0.4, -0.2) is 45.3 Å². The number of nitrogens with one attached hydrogen (secondary N) is 1. The minimum absolute atomic E-state index is 0.325. The van der Waals surface area contributed by atoms with Crippen LogP contribution in [0.3, 0.4) is 0 Å². The molecular formula is C27H27N5O4. The number of ether oxygens (including phenoxy) is 3. The van der Waals surface area contributed by atoms with E-state index in [-0.39, 0.29) is 0 Å². The summed E-state index contributed by atoms with van der Waals surface area (Å²) in [6.07, 6.45) is 6.68. The SMILES string of the molecule is COc1ccc(N(C(=O)OC(C)(C)C)c2nc(-c3ccc4cc[nH]c4c3)cn3ccnc23)cc1OC. The first-order valence-corrected chi connectivity index (χ1v) is 11.4. The van der Waals surface area contributed by atoms with Crippen LogP contribution >= 0.6 is 0 Å². The predicted octanol–water partition coefficient (Wildman–Crippen LogP) is 5.97. The van der Waals surface area contributed by atoms with Crippen LogP contribution in [0, 0.1) is 0 Å². The summed E-state index contributed by atoms with van der Waals surface area (Å²) in [5.74, 6) is 1.33. The van der Waals surface area contributed by atoms with Gasteiger partial charge in [-0.2, -0.15) is 0 Å². The molecule has 0 bridgehead atoms. The first-order valence-electron chi connectivity index (χ1n) is 11.4. The Bertz CT molecular complexity index is 1560. The van der Waals surface area contributed by atoms with Crippen LogP contribution < -0.4 is 14.4 Å². The number of carbonyl (C=O) groups excluding carboxylic acids is 1. The minimum Gasteiger partial charge on any atom is -0.493 e. The average molecular weight is 486 g/mol. The lowest BCUT2D eigenvalue weighted by molar-refractivity contribution is 0.0598. The number of fused-ring (bicyclic) bond motifs is 2. The topological polar surface area (TPSA) is 94.0 Å². The zero-order valence-corrected chi connectivity index (χ0v) is 20.8. The van der Waals surface area contributed by atoms with Gasteiger partial charge in [-0.05, 0) is 50.4 Å². The highest BCUT2D eigenvalue weighted by atomic mass is 16.6. The van der Waals surface area contributed by atoms with Crippen LogP contribution in [0.1, 0.15) is 20.8 Å². The Hall–Kier alpha value is -4.53. The lowest BCUT2D eigenvalue weighted by Gasteiger charge is -2.27. The molecule has 0 aliphatic carbocycles. The number of H-pyrrole nitrogens is 1. The lowest BCUT2D eigenvalue weighted by atomic mass is 10.1. The van der Waals surface area contributed by atoms with Gasteiger partial charge in [-0.3, -0.25) is 0 Å². The highest BCUT2D eigenvalue weighted by molar-refractivity contribution is 5.99. The van der Waals surface area contributed by atoms with Crippen molar-refractivity contribution in [2.75, 3.05) is 19.1 Å². The second kappa shape index (κ2) is 8.92. The third-order valence-corrected chi connectivity index (χ3v) is 5.62. The Labute approximate surface area is 208 Å². The van der Waals surface area contributed by atoms with Crippen LogP contribution in [0.5, 0.6) is 11.5 Å². The molecule has 0 saturated heterocycles. The number of hydrogen-bond donors (Lipinski definition) is 1. The van der Waals surface area contributed by atoms with Gasteiger partial charge in [-0.25, -0.2) is 19.7 Å². The number of carbonyl (C=O) groups is 1. The summed E-state index contributed by atoms with van der Waals surface area (Å²) in [6.45, 7) is 5.45. The molecule has 0 radical (unpaired) electrons. The van der Waals surface area contributed by atoms with Gasteiger partial charge < -0.3 is 23.6 Å². The zero-order chi connectivity index (χ0) is 25.4. The summed E-state index contributed by atoms with van der Waals surface area (Å²) >= 11 is 0. The van der Waals surface area contributed by atoms with Crippen LogP contribution in [0.4, 0.5) is 16.3 Å². The number of aromatic nitrogens is 4. The van der Waals surface area contributed by atoms with Crippen molar-refractivity contribution < 1.29 is 19.0 Å². The number of amides is 1. The smallest absolute Gasteiger partial charge is 0.420 e. The maximum atomic E-state index is 13.6. The Morgan fingerprint density at radius 2 is 1.83 bits per heavy atom. The number of imidazole rings is 1. The molecule has 5 rings (SSSR count). The van der Waals surface area contributed by atoms with Crippen molar-refractivity contribution in [3.63, 3.8) is 0 Å². The number of nitrogens with zero attached hydrogens (tertiary/aromatic N) is 4. The first-order chi connectivity index (χ1) is 17.3. The fraction of sp³-hybridized carbons (Fsp3) is 0.222. The summed E-state index contributed by atoms with van der Waals surface area (Å²) in [5.41, 5.74) is 2.81. The van der Waals surface area contributed by atoms with Crippen molar-refractivity contribution in [2.45, 2.75) is 26.4 Å². The summed E-state index contributed by atoms with van der Waals surface area (Å²) in [7, 11) is 3.10. The highest BCUT2D eigenvalue weighted by Crippen LogP contribution is 2.37. The predicted molar refractivity (Wildman–Crippen MR) is 138 cm³/mol. The number of hydrogen-bond acceptors (Lipinski definition) is 6. The summed E-state index contributed by atoms with van der Waals surface area (Å²) in [6, 6.07) is 13.3. The molecule has 0 atom stereocenters. The van der Waals surface area contributed by atoms with Crippen molar-refractivity contribution in [1.82, 2.24) is 19.4 Å². The van der Waals surface area contributed by atoms with Crippen molar-refractivity contribution in [3.8, 4) is 22.8 Å². The van der Waals surface area contributed by atoms with E-state index in [0.29, 0.717) is 34.3 Å². The van der Waals surface area contributed by atoms with Gasteiger partial charge in [0.15, 0.2) is 23.0 Å². The Balaban J connectivity index is 1.72. The number of aromatic amines is 1. The number of benzene rings is 2. The molecule has 5 aromatic rings. The van der Waals surface area contributed by atoms with Crippen molar-refractivity contribution in [1.29, 1.82) is 0 Å². The third-order valence-electron chi connectivity index (χ3n) is 5.62. The Morgan fingerprint density at radius 3 is 2.58 bits per heavy atom. The Kier molecular flexibility index (Phi) is 5.75. The highest BCUT2D eigenvalue weighted by Gasteiger charge is 2.29. The molecule has 2 aromatic carbocycles. The molecular weight excluding hydrogens is 458 g/mol. The van der Waals surface area contributed by atoms with E-state index in [4.69, 9.17) is 19.2 Å². The number of rotatable bonds is 5. The largest absolute Gasteiger partial charge is 0.493 e. The maximum Gasteiger partial charge on any atom is 0.420 e. The van der Waals surface area contributed by atoms with Crippen molar-refractivity contribution in [3.05, 3.63) is 67.3 Å². The molecule has 0 unspecified atom stereocenters. The van der Waals surface area contributed by atoms with Crippen molar-refractivity contribution >= 4 is 34.1 Å². The molecule has 0 saturated carbocycles. The third kappa shape index (κ3) is 4.31.